The van der Waals surface area contributed by atoms with E-state index in [-0.39, 0.29) is 6.03 Å². The molecule has 0 spiro atoms. The smallest absolute Gasteiger partial charge is 0.319 e. The van der Waals surface area contributed by atoms with Gasteiger partial charge < -0.3 is 9.80 Å². The van der Waals surface area contributed by atoms with Crippen LogP contribution >= 0.6 is 0 Å². The van der Waals surface area contributed by atoms with E-state index in [2.05, 4.69) is 11.9 Å². The summed E-state index contributed by atoms with van der Waals surface area (Å²) in [5, 5.41) is 0. The molecule has 4 nitrogen and oxygen atoms in total. The molecule has 0 saturated carbocycles. The van der Waals surface area contributed by atoms with Crippen molar-refractivity contribution < 1.29 is 4.79 Å². The Bertz CT molecular complexity index is 399. The number of hydrogen-bond acceptors (Lipinski definition) is 2. The first-order valence-electron chi connectivity index (χ1n) is 7.07. The van der Waals surface area contributed by atoms with Gasteiger partial charge in [0.2, 0.25) is 0 Å². The third-order valence-electron chi connectivity index (χ3n) is 3.81. The first-order valence-corrected chi connectivity index (χ1v) is 7.07. The topological polar surface area (TPSA) is 36.4 Å². The van der Waals surface area contributed by atoms with Crippen molar-refractivity contribution in [2.75, 3.05) is 26.7 Å². The normalized spacial score (nSPS) is 16.4. The number of likely N-dealkylation sites (tertiary alicyclic amines) is 1. The third kappa shape index (κ3) is 3.94. The number of amides is 2. The number of carbonyl (C=O) groups is 1. The molecule has 4 heteroatoms. The summed E-state index contributed by atoms with van der Waals surface area (Å²) < 4.78 is 0. The minimum Gasteiger partial charge on any atom is -0.327 e. The van der Waals surface area contributed by atoms with Crippen LogP contribution in [0.15, 0.2) is 24.4 Å². The highest BCUT2D eigenvalue weighted by Crippen LogP contribution is 2.16. The van der Waals surface area contributed by atoms with Crippen molar-refractivity contribution >= 4 is 6.03 Å². The molecule has 1 aromatic rings. The van der Waals surface area contributed by atoms with Crippen molar-refractivity contribution in [3.05, 3.63) is 30.1 Å². The van der Waals surface area contributed by atoms with Crippen molar-refractivity contribution in [3.8, 4) is 0 Å². The lowest BCUT2D eigenvalue weighted by Gasteiger charge is -2.33. The van der Waals surface area contributed by atoms with E-state index in [1.807, 2.05) is 35.0 Å². The van der Waals surface area contributed by atoms with Crippen molar-refractivity contribution in [2.24, 2.45) is 5.92 Å². The van der Waals surface area contributed by atoms with Gasteiger partial charge in [-0.15, -0.1) is 0 Å². The van der Waals surface area contributed by atoms with Crippen LogP contribution in [0.4, 0.5) is 4.79 Å². The summed E-state index contributed by atoms with van der Waals surface area (Å²) in [7, 11) is 1.88. The molecule has 0 aliphatic carbocycles. The second kappa shape index (κ2) is 6.55. The molecule has 0 aromatic carbocycles. The zero-order chi connectivity index (χ0) is 13.7. The van der Waals surface area contributed by atoms with Gasteiger partial charge in [-0.25, -0.2) is 4.79 Å². The Morgan fingerprint density at radius 2 is 2.16 bits per heavy atom. The highest BCUT2D eigenvalue weighted by Gasteiger charge is 2.22. The Labute approximate surface area is 115 Å². The molecule has 19 heavy (non-hydrogen) atoms. The molecule has 2 heterocycles. The Morgan fingerprint density at radius 3 is 2.79 bits per heavy atom. The van der Waals surface area contributed by atoms with Crippen molar-refractivity contribution in [1.29, 1.82) is 0 Å². The predicted octanol–water partition coefficient (Wildman–Crippen LogP) is 2.41. The predicted molar refractivity (Wildman–Crippen MR) is 75.9 cm³/mol. The minimum absolute atomic E-state index is 0.155. The van der Waals surface area contributed by atoms with E-state index >= 15 is 0 Å². The van der Waals surface area contributed by atoms with Gasteiger partial charge in [0.15, 0.2) is 0 Å². The summed E-state index contributed by atoms with van der Waals surface area (Å²) in [5.74, 6) is 0.753. The largest absolute Gasteiger partial charge is 0.327 e. The van der Waals surface area contributed by atoms with Gasteiger partial charge in [-0.1, -0.05) is 13.0 Å². The third-order valence-corrected chi connectivity index (χ3v) is 3.81. The second-order valence-electron chi connectivity index (χ2n) is 5.44. The highest BCUT2D eigenvalue weighted by atomic mass is 16.2. The molecule has 2 amide bonds. The van der Waals surface area contributed by atoms with Gasteiger partial charge in [-0.3, -0.25) is 4.98 Å². The van der Waals surface area contributed by atoms with Gasteiger partial charge in [0, 0.05) is 45.0 Å². The van der Waals surface area contributed by atoms with Crippen LogP contribution < -0.4 is 0 Å². The van der Waals surface area contributed by atoms with Crippen LogP contribution in [0, 0.1) is 5.92 Å². The average molecular weight is 261 g/mol. The molecular weight excluding hydrogens is 238 g/mol. The Morgan fingerprint density at radius 1 is 1.42 bits per heavy atom. The van der Waals surface area contributed by atoms with Gasteiger partial charge in [0.05, 0.1) is 0 Å². The standard InChI is InChI=1S/C15H23N3O/c1-13-6-11-18(12-7-13)15(19)17(2)10-8-14-5-3-4-9-16-14/h3-5,9,13H,6-8,10-12H2,1-2H3. The fourth-order valence-corrected chi connectivity index (χ4v) is 2.37. The molecule has 1 saturated heterocycles. The summed E-state index contributed by atoms with van der Waals surface area (Å²) in [6, 6.07) is 6.05. The molecule has 0 N–H and O–H groups in total. The fourth-order valence-electron chi connectivity index (χ4n) is 2.37. The van der Waals surface area contributed by atoms with Gasteiger partial charge in [-0.05, 0) is 30.9 Å². The van der Waals surface area contributed by atoms with Crippen LogP contribution in [0.25, 0.3) is 0 Å². The van der Waals surface area contributed by atoms with E-state index in [4.69, 9.17) is 0 Å². The summed E-state index contributed by atoms with van der Waals surface area (Å²) in [4.78, 5) is 20.3. The monoisotopic (exact) mass is 261 g/mol. The minimum atomic E-state index is 0.155. The second-order valence-corrected chi connectivity index (χ2v) is 5.44. The number of nitrogens with zero attached hydrogens (tertiary/aromatic N) is 3. The molecule has 1 aliphatic rings. The van der Waals surface area contributed by atoms with Crippen LogP contribution in [-0.4, -0.2) is 47.5 Å². The Balaban J connectivity index is 1.79. The van der Waals surface area contributed by atoms with Crippen molar-refractivity contribution in [2.45, 2.75) is 26.2 Å². The molecule has 1 fully saturated rings. The lowest BCUT2D eigenvalue weighted by Crippen LogP contribution is -2.45. The summed E-state index contributed by atoms with van der Waals surface area (Å²) in [5.41, 5.74) is 1.04. The Hall–Kier alpha value is -1.58. The van der Waals surface area contributed by atoms with Gasteiger partial charge in [0.1, 0.15) is 0 Å². The molecule has 0 radical (unpaired) electrons. The summed E-state index contributed by atoms with van der Waals surface area (Å²) in [6.45, 7) is 4.77. The first kappa shape index (κ1) is 13.8. The first-order chi connectivity index (χ1) is 9.16. The van der Waals surface area contributed by atoms with Crippen LogP contribution in [0.1, 0.15) is 25.5 Å². The highest BCUT2D eigenvalue weighted by molar-refractivity contribution is 5.74. The van der Waals surface area contributed by atoms with Crippen LogP contribution in [0.3, 0.4) is 0 Å². The molecule has 104 valence electrons. The molecule has 0 unspecified atom stereocenters. The number of hydrogen-bond donors (Lipinski definition) is 0. The molecular formula is C15H23N3O. The maximum Gasteiger partial charge on any atom is 0.319 e. The molecule has 1 aliphatic heterocycles. The summed E-state index contributed by atoms with van der Waals surface area (Å²) >= 11 is 0. The number of likely N-dealkylation sites (N-methyl/N-ethyl adjacent to an activating group) is 1. The van der Waals surface area contributed by atoms with Gasteiger partial charge >= 0.3 is 6.03 Å². The van der Waals surface area contributed by atoms with Gasteiger partial charge in [-0.2, -0.15) is 0 Å². The SMILES string of the molecule is CC1CCN(C(=O)N(C)CCc2ccccn2)CC1. The van der Waals surface area contributed by atoms with Crippen molar-refractivity contribution in [1.82, 2.24) is 14.8 Å². The zero-order valence-electron chi connectivity index (χ0n) is 11.9. The quantitative estimate of drug-likeness (QED) is 0.837. The average Bonchev–Trinajstić information content (AvgIpc) is 2.46. The van der Waals surface area contributed by atoms with E-state index < -0.39 is 0 Å². The van der Waals surface area contributed by atoms with E-state index in [1.54, 1.807) is 6.20 Å². The maximum atomic E-state index is 12.3. The maximum absolute atomic E-state index is 12.3. The van der Waals surface area contributed by atoms with Crippen molar-refractivity contribution in [3.63, 3.8) is 0 Å². The molecule has 0 bridgehead atoms. The number of aromatic nitrogens is 1. The number of piperidine rings is 1. The lowest BCUT2D eigenvalue weighted by atomic mass is 10.00. The van der Waals surface area contributed by atoms with E-state index in [9.17, 15) is 4.79 Å². The van der Waals surface area contributed by atoms with Crippen LogP contribution in [-0.2, 0) is 6.42 Å². The van der Waals surface area contributed by atoms with Gasteiger partial charge in [0.25, 0.3) is 0 Å². The molecule has 1 aromatic heterocycles. The molecule has 2 rings (SSSR count). The summed E-state index contributed by atoms with van der Waals surface area (Å²) in [6.07, 6.45) is 4.86. The molecule has 0 atom stereocenters. The van der Waals surface area contributed by atoms with E-state index in [0.717, 1.165) is 50.5 Å². The lowest BCUT2D eigenvalue weighted by molar-refractivity contribution is 0.143. The van der Waals surface area contributed by atoms with E-state index in [0.29, 0.717) is 0 Å². The van der Waals surface area contributed by atoms with E-state index in [1.165, 1.54) is 0 Å². The number of pyridine rings is 1. The van der Waals surface area contributed by atoms with Crippen LogP contribution in [0.5, 0.6) is 0 Å². The van der Waals surface area contributed by atoms with Crippen LogP contribution in [0.2, 0.25) is 0 Å². The number of urea groups is 1. The Kier molecular flexibility index (Phi) is 4.77. The number of carbonyl (C=O) groups excluding carboxylic acids is 1. The zero-order valence-corrected chi connectivity index (χ0v) is 11.9. The fraction of sp³-hybridized carbons (Fsp3) is 0.600. The number of rotatable bonds is 3.